The van der Waals surface area contributed by atoms with Crippen molar-refractivity contribution in [2.45, 2.75) is 25.2 Å². The molecule has 1 aliphatic carbocycles. The first kappa shape index (κ1) is 10.1. The molecule has 1 aromatic carbocycles. The number of nitrogens with one attached hydrogen (secondary N) is 1. The molecule has 2 aliphatic rings. The third-order valence-corrected chi connectivity index (χ3v) is 3.96. The van der Waals surface area contributed by atoms with Crippen molar-refractivity contribution in [2.75, 3.05) is 6.79 Å². The van der Waals surface area contributed by atoms with Crippen molar-refractivity contribution in [3.8, 4) is 11.5 Å². The molecule has 1 N–H and O–H groups in total. The average Bonchev–Trinajstić information content (AvgIpc) is 3.05. The highest BCUT2D eigenvalue weighted by Crippen LogP contribution is 2.40. The second kappa shape index (κ2) is 3.80. The van der Waals surface area contributed by atoms with Crippen LogP contribution < -0.4 is 9.47 Å². The Kier molecular flexibility index (Phi) is 2.13. The summed E-state index contributed by atoms with van der Waals surface area (Å²) >= 11 is 0. The van der Waals surface area contributed by atoms with Crippen molar-refractivity contribution in [3.63, 3.8) is 0 Å². The molecule has 2 heterocycles. The number of benzene rings is 1. The van der Waals surface area contributed by atoms with Crippen LogP contribution in [0.5, 0.6) is 11.5 Å². The molecule has 0 amide bonds. The molecule has 0 fully saturated rings. The maximum absolute atomic E-state index is 5.47. The van der Waals surface area contributed by atoms with Crippen LogP contribution in [0.4, 0.5) is 0 Å². The summed E-state index contributed by atoms with van der Waals surface area (Å²) in [6, 6.07) is 8.51. The van der Waals surface area contributed by atoms with Gasteiger partial charge in [-0.05, 0) is 48.6 Å². The summed E-state index contributed by atoms with van der Waals surface area (Å²) in [5.74, 6) is 2.21. The highest BCUT2D eigenvalue weighted by molar-refractivity contribution is 5.47. The lowest BCUT2D eigenvalue weighted by molar-refractivity contribution is 0.174. The molecule has 3 heteroatoms. The monoisotopic (exact) mass is 241 g/mol. The Morgan fingerprint density at radius 1 is 1.11 bits per heavy atom. The fraction of sp³-hybridized carbons (Fsp3) is 0.333. The van der Waals surface area contributed by atoms with Gasteiger partial charge in [0.1, 0.15) is 0 Å². The molecule has 4 rings (SSSR count). The Hall–Kier alpha value is -1.90. The van der Waals surface area contributed by atoms with Gasteiger partial charge in [-0.25, -0.2) is 0 Å². The van der Waals surface area contributed by atoms with E-state index in [2.05, 4.69) is 29.4 Å². The number of rotatable bonds is 1. The van der Waals surface area contributed by atoms with E-state index in [0.29, 0.717) is 12.7 Å². The summed E-state index contributed by atoms with van der Waals surface area (Å²) < 4.78 is 10.8. The zero-order valence-corrected chi connectivity index (χ0v) is 10.1. The van der Waals surface area contributed by atoms with Gasteiger partial charge in [-0.2, -0.15) is 0 Å². The van der Waals surface area contributed by atoms with Gasteiger partial charge in [0.15, 0.2) is 11.5 Å². The minimum atomic E-state index is 0.344. The first-order valence-electron chi connectivity index (χ1n) is 6.47. The van der Waals surface area contributed by atoms with E-state index in [1.54, 1.807) is 0 Å². The van der Waals surface area contributed by atoms with Gasteiger partial charge in [0.05, 0.1) is 0 Å². The maximum atomic E-state index is 5.47. The van der Waals surface area contributed by atoms with E-state index < -0.39 is 0 Å². The van der Waals surface area contributed by atoms with Crippen LogP contribution in [-0.2, 0) is 6.42 Å². The Balaban J connectivity index is 1.76. The molecular formula is C15H15NO2. The van der Waals surface area contributed by atoms with E-state index in [1.165, 1.54) is 36.1 Å². The van der Waals surface area contributed by atoms with Crippen molar-refractivity contribution in [3.05, 3.63) is 47.3 Å². The molecule has 0 radical (unpaired) electrons. The summed E-state index contributed by atoms with van der Waals surface area (Å²) in [4.78, 5) is 3.40. The molecule has 3 nitrogen and oxygen atoms in total. The topological polar surface area (TPSA) is 34.2 Å². The Labute approximate surface area is 106 Å². The third-order valence-electron chi connectivity index (χ3n) is 3.96. The second-order valence-corrected chi connectivity index (χ2v) is 4.97. The summed E-state index contributed by atoms with van der Waals surface area (Å²) in [6.45, 7) is 0.344. The zero-order chi connectivity index (χ0) is 11.9. The van der Waals surface area contributed by atoms with Crippen molar-refractivity contribution in [2.24, 2.45) is 0 Å². The van der Waals surface area contributed by atoms with Crippen LogP contribution >= 0.6 is 0 Å². The van der Waals surface area contributed by atoms with Crippen molar-refractivity contribution in [1.29, 1.82) is 0 Å². The molecular weight excluding hydrogens is 226 g/mol. The number of hydrogen-bond acceptors (Lipinski definition) is 2. The number of H-pyrrole nitrogens is 1. The van der Waals surface area contributed by atoms with Crippen LogP contribution in [0, 0.1) is 0 Å². The summed E-state index contributed by atoms with van der Waals surface area (Å²) in [7, 11) is 0. The first-order chi connectivity index (χ1) is 8.92. The number of hydrogen-bond donors (Lipinski definition) is 1. The quantitative estimate of drug-likeness (QED) is 0.831. The fourth-order valence-electron chi connectivity index (χ4n) is 3.06. The van der Waals surface area contributed by atoms with Gasteiger partial charge >= 0.3 is 0 Å². The molecule has 1 unspecified atom stereocenters. The number of fused-ring (bicyclic) bond motifs is 2. The first-order valence-corrected chi connectivity index (χ1v) is 6.47. The van der Waals surface area contributed by atoms with Crippen molar-refractivity contribution >= 4 is 0 Å². The van der Waals surface area contributed by atoms with Gasteiger partial charge in [0.25, 0.3) is 0 Å². The van der Waals surface area contributed by atoms with E-state index in [4.69, 9.17) is 9.47 Å². The van der Waals surface area contributed by atoms with E-state index in [9.17, 15) is 0 Å². The lowest BCUT2D eigenvalue weighted by Gasteiger charge is -2.23. The standard InChI is InChI=1S/C15H15NO2/c1-2-10-6-7-16-15(10)12(3-1)11-4-5-13-14(8-11)18-9-17-13/h4-8,12,16H,1-3,9H2. The maximum Gasteiger partial charge on any atom is 0.231 e. The van der Waals surface area contributed by atoms with Crippen molar-refractivity contribution in [1.82, 2.24) is 4.98 Å². The number of ether oxygens (including phenoxy) is 2. The highest BCUT2D eigenvalue weighted by Gasteiger charge is 2.24. The number of aromatic amines is 1. The number of aryl methyl sites for hydroxylation is 1. The SMILES string of the molecule is c1cc2c([nH]1)C(c1ccc3c(c1)OCO3)CCC2. The van der Waals surface area contributed by atoms with Crippen LogP contribution in [0.3, 0.4) is 0 Å². The van der Waals surface area contributed by atoms with E-state index in [-0.39, 0.29) is 0 Å². The lowest BCUT2D eigenvalue weighted by atomic mass is 9.83. The number of aromatic nitrogens is 1. The predicted octanol–water partition coefficient (Wildman–Crippen LogP) is 3.21. The Morgan fingerprint density at radius 2 is 2.06 bits per heavy atom. The molecule has 0 saturated heterocycles. The molecule has 18 heavy (non-hydrogen) atoms. The van der Waals surface area contributed by atoms with E-state index in [0.717, 1.165) is 11.5 Å². The third kappa shape index (κ3) is 1.43. The minimum Gasteiger partial charge on any atom is -0.454 e. The van der Waals surface area contributed by atoms with Gasteiger partial charge in [-0.3, -0.25) is 0 Å². The van der Waals surface area contributed by atoms with Crippen LogP contribution in [0.2, 0.25) is 0 Å². The molecule has 1 atom stereocenters. The fourth-order valence-corrected chi connectivity index (χ4v) is 3.06. The van der Waals surface area contributed by atoms with E-state index in [1.807, 2.05) is 6.07 Å². The lowest BCUT2D eigenvalue weighted by Crippen LogP contribution is -2.10. The van der Waals surface area contributed by atoms with Crippen LogP contribution in [-0.4, -0.2) is 11.8 Å². The summed E-state index contributed by atoms with van der Waals surface area (Å²) in [5.41, 5.74) is 4.16. The molecule has 0 bridgehead atoms. The van der Waals surface area contributed by atoms with Gasteiger partial charge in [-0.1, -0.05) is 6.07 Å². The van der Waals surface area contributed by atoms with Gasteiger partial charge < -0.3 is 14.5 Å². The largest absolute Gasteiger partial charge is 0.454 e. The molecule has 0 spiro atoms. The average molecular weight is 241 g/mol. The molecule has 1 aliphatic heterocycles. The highest BCUT2D eigenvalue weighted by atomic mass is 16.7. The van der Waals surface area contributed by atoms with Crippen LogP contribution in [0.25, 0.3) is 0 Å². The van der Waals surface area contributed by atoms with Crippen LogP contribution in [0.1, 0.15) is 35.6 Å². The predicted molar refractivity (Wildman–Crippen MR) is 68.1 cm³/mol. The van der Waals surface area contributed by atoms with Gasteiger partial charge in [0, 0.05) is 17.8 Å². The normalized spacial score (nSPS) is 20.8. The smallest absolute Gasteiger partial charge is 0.231 e. The summed E-state index contributed by atoms with van der Waals surface area (Å²) in [6.07, 6.45) is 5.70. The molecule has 1 aromatic heterocycles. The van der Waals surface area contributed by atoms with Gasteiger partial charge in [-0.15, -0.1) is 0 Å². The Bertz CT molecular complexity index is 588. The van der Waals surface area contributed by atoms with Crippen LogP contribution in [0.15, 0.2) is 30.5 Å². The second-order valence-electron chi connectivity index (χ2n) is 4.97. The minimum absolute atomic E-state index is 0.344. The molecule has 92 valence electrons. The zero-order valence-electron chi connectivity index (χ0n) is 10.1. The molecule has 2 aromatic rings. The molecule has 0 saturated carbocycles. The summed E-state index contributed by atoms with van der Waals surface area (Å²) in [5, 5.41) is 0. The van der Waals surface area contributed by atoms with Gasteiger partial charge in [0.2, 0.25) is 6.79 Å². The Morgan fingerprint density at radius 3 is 3.06 bits per heavy atom. The van der Waals surface area contributed by atoms with E-state index >= 15 is 0 Å². The van der Waals surface area contributed by atoms with Crippen molar-refractivity contribution < 1.29 is 9.47 Å².